The second-order valence-electron chi connectivity index (χ2n) is 8.69. The Labute approximate surface area is 162 Å². The second-order valence-corrected chi connectivity index (χ2v) is 8.69. The molecule has 5 nitrogen and oxygen atoms in total. The highest BCUT2D eigenvalue weighted by atomic mass is 16.6. The van der Waals surface area contributed by atoms with E-state index in [4.69, 9.17) is 4.74 Å². The van der Waals surface area contributed by atoms with Gasteiger partial charge in [0, 0.05) is 18.6 Å². The summed E-state index contributed by atoms with van der Waals surface area (Å²) >= 11 is 0. The molecule has 3 rings (SSSR count). The van der Waals surface area contributed by atoms with E-state index in [9.17, 15) is 4.79 Å². The van der Waals surface area contributed by atoms with Gasteiger partial charge in [-0.2, -0.15) is 5.10 Å². The van der Waals surface area contributed by atoms with Crippen LogP contribution in [0.2, 0.25) is 0 Å². The lowest BCUT2D eigenvalue weighted by Gasteiger charge is -2.41. The molecule has 5 heteroatoms. The highest BCUT2D eigenvalue weighted by molar-refractivity contribution is 5.95. The number of hydrogen-bond acceptors (Lipinski definition) is 4. The van der Waals surface area contributed by atoms with E-state index in [1.54, 1.807) is 0 Å². The predicted molar refractivity (Wildman–Crippen MR) is 109 cm³/mol. The fourth-order valence-electron chi connectivity index (χ4n) is 3.51. The molecular weight excluding hydrogens is 338 g/mol. The van der Waals surface area contributed by atoms with Gasteiger partial charge in [-0.15, -0.1) is 0 Å². The largest absolute Gasteiger partial charge is 0.445 e. The van der Waals surface area contributed by atoms with Crippen molar-refractivity contribution in [2.24, 2.45) is 10.5 Å². The number of rotatable bonds is 3. The third-order valence-corrected chi connectivity index (χ3v) is 5.27. The average Bonchev–Trinajstić information content (AvgIpc) is 2.66. The van der Waals surface area contributed by atoms with E-state index in [2.05, 4.69) is 43.5 Å². The van der Waals surface area contributed by atoms with Gasteiger partial charge < -0.3 is 15.1 Å². The monoisotopic (exact) mass is 369 g/mol. The molecule has 2 aliphatic rings. The normalized spacial score (nSPS) is 20.7. The third-order valence-electron chi connectivity index (χ3n) is 5.27. The number of carbonyl (C=O) groups excluding carboxylic acids is 1. The van der Waals surface area contributed by atoms with E-state index in [1.165, 1.54) is 0 Å². The van der Waals surface area contributed by atoms with Crippen LogP contribution in [0.4, 0.5) is 4.79 Å². The minimum absolute atomic E-state index is 0.0125. The first kappa shape index (κ1) is 19.5. The van der Waals surface area contributed by atoms with Crippen molar-refractivity contribution < 1.29 is 9.53 Å². The lowest BCUT2D eigenvalue weighted by Crippen LogP contribution is -2.43. The molecule has 0 aromatic heterocycles. The minimum atomic E-state index is -0.204. The van der Waals surface area contributed by atoms with Crippen LogP contribution in [-0.2, 0) is 11.3 Å². The summed E-state index contributed by atoms with van der Waals surface area (Å²) in [4.78, 5) is 14.2. The highest BCUT2D eigenvalue weighted by Crippen LogP contribution is 2.40. The van der Waals surface area contributed by atoms with Crippen molar-refractivity contribution in [1.82, 2.24) is 10.3 Å². The lowest BCUT2D eigenvalue weighted by atomic mass is 9.71. The summed E-state index contributed by atoms with van der Waals surface area (Å²) < 4.78 is 5.47. The molecule has 0 bridgehead atoms. The van der Waals surface area contributed by atoms with Gasteiger partial charge >= 0.3 is 6.09 Å². The van der Waals surface area contributed by atoms with Crippen molar-refractivity contribution in [3.05, 3.63) is 48.0 Å². The maximum atomic E-state index is 12.3. The number of hydrazone groups is 1. The Kier molecular flexibility index (Phi) is 5.88. The quantitative estimate of drug-likeness (QED) is 0.798. The van der Waals surface area contributed by atoms with Crippen molar-refractivity contribution in [3.63, 3.8) is 0 Å². The Morgan fingerprint density at radius 3 is 2.48 bits per heavy atom. The zero-order valence-electron chi connectivity index (χ0n) is 16.7. The van der Waals surface area contributed by atoms with Crippen molar-refractivity contribution in [2.75, 3.05) is 13.1 Å². The number of carbonyl (C=O) groups is 1. The smallest absolute Gasteiger partial charge is 0.410 e. The number of allylic oxidation sites excluding steroid dienone is 2. The first-order valence-corrected chi connectivity index (χ1v) is 9.84. The molecule has 1 aromatic carbocycles. The minimum Gasteiger partial charge on any atom is -0.445 e. The molecule has 0 saturated carbocycles. The topological polar surface area (TPSA) is 53.9 Å². The van der Waals surface area contributed by atoms with Gasteiger partial charge in [0.15, 0.2) is 0 Å². The molecule has 1 aliphatic carbocycles. The molecule has 1 fully saturated rings. The fraction of sp³-hybridized carbons (Fsp3) is 0.545. The predicted octanol–water partition coefficient (Wildman–Crippen LogP) is 4.50. The number of ether oxygens (including phenoxy) is 1. The van der Waals surface area contributed by atoms with Crippen LogP contribution in [0.15, 0.2) is 47.6 Å². The fourth-order valence-corrected chi connectivity index (χ4v) is 3.51. The molecule has 0 atom stereocenters. The van der Waals surface area contributed by atoms with Crippen molar-refractivity contribution >= 4 is 11.8 Å². The molecule has 1 amide bonds. The summed E-state index contributed by atoms with van der Waals surface area (Å²) in [5.74, 6) is 0. The Balaban J connectivity index is 1.48. The van der Waals surface area contributed by atoms with Gasteiger partial charge in [0.25, 0.3) is 0 Å². The van der Waals surface area contributed by atoms with Crippen LogP contribution in [0.25, 0.3) is 0 Å². The van der Waals surface area contributed by atoms with Gasteiger partial charge in [-0.1, -0.05) is 36.4 Å². The molecule has 1 N–H and O–H groups in total. The average molecular weight is 370 g/mol. The van der Waals surface area contributed by atoms with Gasteiger partial charge in [0.1, 0.15) is 6.61 Å². The summed E-state index contributed by atoms with van der Waals surface area (Å²) in [6, 6.07) is 9.82. The standard InChI is InChI=1S/C22H31N3O2/c1-21(2,3)24-23-19-9-11-22(12-10-19)13-15-25(16-14-22)20(26)27-17-18-7-5-4-6-8-18/h4-9,11,24H,10,12-17H2,1-3H3. The van der Waals surface area contributed by atoms with E-state index in [0.717, 1.165) is 50.0 Å². The molecule has 1 spiro atoms. The van der Waals surface area contributed by atoms with Gasteiger partial charge in [0.2, 0.25) is 0 Å². The van der Waals surface area contributed by atoms with Gasteiger partial charge in [0.05, 0.1) is 5.71 Å². The third kappa shape index (κ3) is 5.59. The number of benzene rings is 1. The van der Waals surface area contributed by atoms with Crippen LogP contribution in [0.3, 0.4) is 0 Å². The molecule has 0 unspecified atom stereocenters. The van der Waals surface area contributed by atoms with Crippen LogP contribution in [-0.4, -0.2) is 35.3 Å². The van der Waals surface area contributed by atoms with E-state index in [-0.39, 0.29) is 17.0 Å². The Morgan fingerprint density at radius 2 is 1.89 bits per heavy atom. The summed E-state index contributed by atoms with van der Waals surface area (Å²) in [6.45, 7) is 8.17. The van der Waals surface area contributed by atoms with E-state index >= 15 is 0 Å². The Morgan fingerprint density at radius 1 is 1.19 bits per heavy atom. The molecule has 27 heavy (non-hydrogen) atoms. The first-order chi connectivity index (χ1) is 12.9. The molecule has 1 saturated heterocycles. The maximum absolute atomic E-state index is 12.3. The molecule has 1 aromatic rings. The second kappa shape index (κ2) is 8.15. The van der Waals surface area contributed by atoms with Crippen molar-refractivity contribution in [3.8, 4) is 0 Å². The highest BCUT2D eigenvalue weighted by Gasteiger charge is 2.36. The van der Waals surface area contributed by atoms with Crippen LogP contribution < -0.4 is 5.43 Å². The maximum Gasteiger partial charge on any atom is 0.410 e. The number of amides is 1. The molecule has 146 valence electrons. The number of hydrogen-bond donors (Lipinski definition) is 1. The van der Waals surface area contributed by atoms with E-state index in [1.807, 2.05) is 35.2 Å². The number of piperidine rings is 1. The van der Waals surface area contributed by atoms with Gasteiger partial charge in [-0.3, -0.25) is 0 Å². The molecule has 1 aliphatic heterocycles. The zero-order valence-corrected chi connectivity index (χ0v) is 16.7. The first-order valence-electron chi connectivity index (χ1n) is 9.84. The van der Waals surface area contributed by atoms with Crippen LogP contribution in [0, 0.1) is 5.41 Å². The van der Waals surface area contributed by atoms with Gasteiger partial charge in [-0.05, 0) is 63.5 Å². The number of likely N-dealkylation sites (tertiary alicyclic amines) is 1. The Hall–Kier alpha value is -2.30. The van der Waals surface area contributed by atoms with Crippen molar-refractivity contribution in [1.29, 1.82) is 0 Å². The van der Waals surface area contributed by atoms with Crippen molar-refractivity contribution in [2.45, 2.75) is 58.6 Å². The zero-order chi connectivity index (χ0) is 19.3. The molecule has 1 heterocycles. The van der Waals surface area contributed by atoms with Crippen LogP contribution in [0.5, 0.6) is 0 Å². The number of nitrogens with zero attached hydrogens (tertiary/aromatic N) is 2. The van der Waals surface area contributed by atoms with E-state index in [0.29, 0.717) is 6.61 Å². The van der Waals surface area contributed by atoms with E-state index < -0.39 is 0 Å². The summed E-state index contributed by atoms with van der Waals surface area (Å²) in [7, 11) is 0. The SMILES string of the molecule is CC(C)(C)NN=C1C=CC2(CC1)CCN(C(=O)OCc1ccccc1)CC2. The lowest BCUT2D eigenvalue weighted by molar-refractivity contribution is 0.0707. The summed E-state index contributed by atoms with van der Waals surface area (Å²) in [5, 5.41) is 4.52. The van der Waals surface area contributed by atoms with Gasteiger partial charge in [-0.25, -0.2) is 4.79 Å². The van der Waals surface area contributed by atoms with Crippen LogP contribution in [0.1, 0.15) is 52.0 Å². The molecular formula is C22H31N3O2. The summed E-state index contributed by atoms with van der Waals surface area (Å²) in [6.07, 6.45) is 8.33. The van der Waals surface area contributed by atoms with Crippen LogP contribution >= 0.6 is 0 Å². The Bertz CT molecular complexity index is 696. The molecule has 0 radical (unpaired) electrons. The number of nitrogens with one attached hydrogen (secondary N) is 1. The summed E-state index contributed by atoms with van der Waals surface area (Å²) in [5.41, 5.74) is 5.52.